The van der Waals surface area contributed by atoms with Gasteiger partial charge in [0.05, 0.1) is 11.9 Å². The number of carbonyl (C=O) groups excluding carboxylic acids is 2. The number of para-hydroxylation sites is 1. The van der Waals surface area contributed by atoms with Crippen molar-refractivity contribution in [2.45, 2.75) is 0 Å². The molecule has 2 heterocycles. The topological polar surface area (TPSA) is 92.8 Å². The number of carbonyl (C=O) groups is 2. The molecule has 2 amide bonds. The highest BCUT2D eigenvalue weighted by molar-refractivity contribution is 5.98. The average molecular weight is 314 g/mol. The summed E-state index contributed by atoms with van der Waals surface area (Å²) in [7, 11) is 3.17. The predicted octanol–water partition coefficient (Wildman–Crippen LogP) is 1.36. The molecule has 2 aromatic heterocycles. The third kappa shape index (κ3) is 2.68. The summed E-state index contributed by atoms with van der Waals surface area (Å²) in [6.07, 6.45) is 0. The number of likely N-dealkylation sites (N-methyl/N-ethyl adjacent to an activating group) is 1. The summed E-state index contributed by atoms with van der Waals surface area (Å²) < 4.78 is 10.8. The minimum absolute atomic E-state index is 0.0159. The van der Waals surface area contributed by atoms with Crippen LogP contribution in [0.1, 0.15) is 10.6 Å². The van der Waals surface area contributed by atoms with Crippen molar-refractivity contribution in [1.82, 2.24) is 10.2 Å². The van der Waals surface area contributed by atoms with Crippen LogP contribution in [0.15, 0.2) is 44.0 Å². The van der Waals surface area contributed by atoms with Crippen LogP contribution in [0.2, 0.25) is 0 Å². The first kappa shape index (κ1) is 14.8. The SMILES string of the molecule is CN(C)C(=O)CNC(=O)c1cc2c(=O)c3ccccc3oc2o1. The standard InChI is InChI=1S/C16H14N2O5/c1-18(2)13(19)8-17-15(21)12-7-10-14(20)9-5-3-4-6-11(9)22-16(10)23-12/h3-7H,8H2,1-2H3,(H,17,21). The largest absolute Gasteiger partial charge is 0.425 e. The highest BCUT2D eigenvalue weighted by atomic mass is 16.5. The van der Waals surface area contributed by atoms with Crippen molar-refractivity contribution in [3.63, 3.8) is 0 Å². The smallest absolute Gasteiger partial charge is 0.302 e. The summed E-state index contributed by atoms with van der Waals surface area (Å²) in [5.74, 6) is -0.940. The number of benzene rings is 1. The Morgan fingerprint density at radius 3 is 2.61 bits per heavy atom. The van der Waals surface area contributed by atoms with Crippen LogP contribution in [-0.2, 0) is 4.79 Å². The third-order valence-corrected chi connectivity index (χ3v) is 3.40. The summed E-state index contributed by atoms with van der Waals surface area (Å²) in [6.45, 7) is -0.160. The van der Waals surface area contributed by atoms with Gasteiger partial charge < -0.3 is 19.1 Å². The number of hydrogen-bond donors (Lipinski definition) is 1. The average Bonchev–Trinajstić information content (AvgIpc) is 2.96. The maximum absolute atomic E-state index is 12.4. The summed E-state index contributed by atoms with van der Waals surface area (Å²) in [6, 6.07) is 8.08. The monoisotopic (exact) mass is 314 g/mol. The fourth-order valence-corrected chi connectivity index (χ4v) is 2.11. The van der Waals surface area contributed by atoms with Crippen LogP contribution in [0.25, 0.3) is 22.1 Å². The van der Waals surface area contributed by atoms with Crippen LogP contribution in [0.4, 0.5) is 0 Å². The fourth-order valence-electron chi connectivity index (χ4n) is 2.11. The Kier molecular flexibility index (Phi) is 3.61. The van der Waals surface area contributed by atoms with Crippen LogP contribution in [0, 0.1) is 0 Å². The van der Waals surface area contributed by atoms with Gasteiger partial charge in [-0.15, -0.1) is 0 Å². The first-order valence-electron chi connectivity index (χ1n) is 6.91. The molecule has 0 radical (unpaired) electrons. The van der Waals surface area contributed by atoms with Gasteiger partial charge in [0.1, 0.15) is 11.0 Å². The van der Waals surface area contributed by atoms with E-state index in [1.54, 1.807) is 38.4 Å². The van der Waals surface area contributed by atoms with Gasteiger partial charge in [0, 0.05) is 20.2 Å². The molecule has 0 unspecified atom stereocenters. The quantitative estimate of drug-likeness (QED) is 0.788. The molecule has 0 spiro atoms. The predicted molar refractivity (Wildman–Crippen MR) is 83.3 cm³/mol. The molecular formula is C16H14N2O5. The van der Waals surface area contributed by atoms with Crippen molar-refractivity contribution < 1.29 is 18.4 Å². The Hall–Kier alpha value is -3.09. The number of nitrogens with one attached hydrogen (secondary N) is 1. The Bertz CT molecular complexity index is 967. The lowest BCUT2D eigenvalue weighted by Gasteiger charge is -2.09. The lowest BCUT2D eigenvalue weighted by molar-refractivity contribution is -0.127. The molecular weight excluding hydrogens is 300 g/mol. The minimum Gasteiger partial charge on any atom is -0.425 e. The van der Waals surface area contributed by atoms with Gasteiger partial charge in [0.2, 0.25) is 11.3 Å². The van der Waals surface area contributed by atoms with E-state index in [1.165, 1.54) is 11.0 Å². The van der Waals surface area contributed by atoms with Gasteiger partial charge in [-0.2, -0.15) is 0 Å². The van der Waals surface area contributed by atoms with Crippen LogP contribution >= 0.6 is 0 Å². The number of nitrogens with zero attached hydrogens (tertiary/aromatic N) is 1. The Labute approximate surface area is 130 Å². The molecule has 7 nitrogen and oxygen atoms in total. The number of hydrogen-bond acceptors (Lipinski definition) is 5. The zero-order valence-corrected chi connectivity index (χ0v) is 12.6. The van der Waals surface area contributed by atoms with Gasteiger partial charge in [-0.3, -0.25) is 14.4 Å². The maximum atomic E-state index is 12.4. The number of furan rings is 1. The van der Waals surface area contributed by atoms with Gasteiger partial charge >= 0.3 is 5.78 Å². The molecule has 1 aromatic carbocycles. The van der Waals surface area contributed by atoms with Crippen LogP contribution in [0.3, 0.4) is 0 Å². The Morgan fingerprint density at radius 1 is 1.13 bits per heavy atom. The van der Waals surface area contributed by atoms with E-state index in [2.05, 4.69) is 5.32 Å². The number of fused-ring (bicyclic) bond motifs is 2. The first-order chi connectivity index (χ1) is 11.0. The molecule has 0 fully saturated rings. The van der Waals surface area contributed by atoms with Crippen LogP contribution < -0.4 is 10.7 Å². The summed E-state index contributed by atoms with van der Waals surface area (Å²) >= 11 is 0. The van der Waals surface area contributed by atoms with E-state index in [4.69, 9.17) is 8.83 Å². The molecule has 0 bridgehead atoms. The summed E-state index contributed by atoms with van der Waals surface area (Å²) in [5, 5.41) is 3.03. The van der Waals surface area contributed by atoms with Gasteiger partial charge in [-0.25, -0.2) is 0 Å². The zero-order chi connectivity index (χ0) is 16.6. The molecule has 0 aliphatic rings. The third-order valence-electron chi connectivity index (χ3n) is 3.40. The Balaban J connectivity index is 1.95. The maximum Gasteiger partial charge on any atom is 0.302 e. The van der Waals surface area contributed by atoms with E-state index in [9.17, 15) is 14.4 Å². The van der Waals surface area contributed by atoms with E-state index < -0.39 is 5.91 Å². The second-order valence-electron chi connectivity index (χ2n) is 5.21. The van der Waals surface area contributed by atoms with E-state index in [1.807, 2.05) is 0 Å². The Morgan fingerprint density at radius 2 is 1.87 bits per heavy atom. The summed E-state index contributed by atoms with van der Waals surface area (Å²) in [5.41, 5.74) is 0.114. The van der Waals surface area contributed by atoms with Crippen molar-refractivity contribution in [2.75, 3.05) is 20.6 Å². The van der Waals surface area contributed by atoms with Crippen molar-refractivity contribution in [2.24, 2.45) is 0 Å². The molecule has 0 aliphatic carbocycles. The summed E-state index contributed by atoms with van der Waals surface area (Å²) in [4.78, 5) is 37.2. The molecule has 0 aliphatic heterocycles. The van der Waals surface area contributed by atoms with E-state index in [0.717, 1.165) is 0 Å². The van der Waals surface area contributed by atoms with Gasteiger partial charge in [-0.1, -0.05) is 12.1 Å². The van der Waals surface area contributed by atoms with Crippen molar-refractivity contribution in [3.05, 3.63) is 46.3 Å². The molecule has 7 heteroatoms. The van der Waals surface area contributed by atoms with E-state index in [0.29, 0.717) is 11.0 Å². The molecule has 1 N–H and O–H groups in total. The lowest BCUT2D eigenvalue weighted by atomic mass is 10.2. The number of amides is 2. The molecule has 0 atom stereocenters. The van der Waals surface area contributed by atoms with Crippen LogP contribution in [0.5, 0.6) is 0 Å². The van der Waals surface area contributed by atoms with Crippen molar-refractivity contribution in [3.8, 4) is 0 Å². The molecule has 0 saturated carbocycles. The normalized spacial score (nSPS) is 10.9. The fraction of sp³-hybridized carbons (Fsp3) is 0.188. The molecule has 23 heavy (non-hydrogen) atoms. The molecule has 0 saturated heterocycles. The molecule has 3 rings (SSSR count). The van der Waals surface area contributed by atoms with Crippen molar-refractivity contribution in [1.29, 1.82) is 0 Å². The van der Waals surface area contributed by atoms with Crippen LogP contribution in [-0.4, -0.2) is 37.4 Å². The second kappa shape index (κ2) is 5.60. The molecule has 118 valence electrons. The molecule has 3 aromatic rings. The van der Waals surface area contributed by atoms with Gasteiger partial charge in [-0.05, 0) is 12.1 Å². The zero-order valence-electron chi connectivity index (χ0n) is 12.6. The van der Waals surface area contributed by atoms with E-state index >= 15 is 0 Å². The van der Waals surface area contributed by atoms with Gasteiger partial charge in [0.25, 0.3) is 5.91 Å². The highest BCUT2D eigenvalue weighted by Gasteiger charge is 2.18. The lowest BCUT2D eigenvalue weighted by Crippen LogP contribution is -2.36. The highest BCUT2D eigenvalue weighted by Crippen LogP contribution is 2.21. The minimum atomic E-state index is -0.588. The van der Waals surface area contributed by atoms with Crippen molar-refractivity contribution >= 4 is 33.9 Å². The first-order valence-corrected chi connectivity index (χ1v) is 6.91. The number of rotatable bonds is 3. The second-order valence-corrected chi connectivity index (χ2v) is 5.21. The van der Waals surface area contributed by atoms with E-state index in [-0.39, 0.29) is 34.8 Å². The van der Waals surface area contributed by atoms with Gasteiger partial charge in [0.15, 0.2) is 5.76 Å².